The van der Waals surface area contributed by atoms with E-state index >= 15 is 0 Å². The van der Waals surface area contributed by atoms with Crippen LogP contribution in [0, 0.1) is 60.8 Å². The minimum absolute atomic E-state index is 0. The van der Waals surface area contributed by atoms with Crippen molar-refractivity contribution in [3.05, 3.63) is 190 Å². The van der Waals surface area contributed by atoms with Crippen LogP contribution in [0.4, 0.5) is 11.4 Å². The van der Waals surface area contributed by atoms with Gasteiger partial charge in [0.05, 0.1) is 36.9 Å². The van der Waals surface area contributed by atoms with Gasteiger partial charge in [0, 0.05) is 62.6 Å². The smallest absolute Gasteiger partial charge is 0.187 e. The van der Waals surface area contributed by atoms with Crippen molar-refractivity contribution in [1.82, 2.24) is 29.5 Å². The average molecular weight is 1220 g/mol. The summed E-state index contributed by atoms with van der Waals surface area (Å²) >= 11 is 0. The molecule has 0 saturated carbocycles. The van der Waals surface area contributed by atoms with E-state index in [-0.39, 0.29) is 52.4 Å². The maximum absolute atomic E-state index is 8.56. The van der Waals surface area contributed by atoms with E-state index in [1.54, 1.807) is 13.8 Å². The maximum Gasteiger partial charge on any atom is 0.187 e. The molecule has 10 nitrogen and oxygen atoms in total. The van der Waals surface area contributed by atoms with E-state index < -0.39 is 0 Å². The number of aliphatic hydroxyl groups excluding tert-OH is 2. The monoisotopic (exact) mass is 1220 g/mol. The molecular formula is C53H51Ir2N8O2-. The fourth-order valence-corrected chi connectivity index (χ4v) is 7.66. The van der Waals surface area contributed by atoms with Gasteiger partial charge >= 0.3 is 0 Å². The second kappa shape index (κ2) is 23.6. The fraction of sp³-hybridized carbons (Fsp3) is 0.208. The van der Waals surface area contributed by atoms with Crippen LogP contribution in [0.25, 0.3) is 66.6 Å². The molecule has 0 bridgehead atoms. The number of nitrogens with zero attached hydrogens (tertiary/aromatic N) is 8. The minimum atomic E-state index is -0.375. The minimum Gasteiger partial charge on any atom is -0.393 e. The van der Waals surface area contributed by atoms with Crippen molar-refractivity contribution in [3.8, 4) is 56.9 Å². The van der Waals surface area contributed by atoms with E-state index in [1.165, 1.54) is 0 Å². The summed E-state index contributed by atoms with van der Waals surface area (Å²) in [5.74, 6) is 3.12. The fourth-order valence-electron chi connectivity index (χ4n) is 7.66. The molecule has 2 N–H and O–H groups in total. The van der Waals surface area contributed by atoms with Crippen LogP contribution in [-0.4, -0.2) is 51.9 Å². The molecule has 0 saturated heterocycles. The number of hydrogen-bond donors (Lipinski definition) is 2. The van der Waals surface area contributed by atoms with Gasteiger partial charge in [0.2, 0.25) is 0 Å². The predicted octanol–water partition coefficient (Wildman–Crippen LogP) is 12.1. The molecule has 12 heteroatoms. The number of rotatable bonds is 8. The van der Waals surface area contributed by atoms with Crippen molar-refractivity contribution in [3.63, 3.8) is 0 Å². The Kier molecular flexibility index (Phi) is 18.7. The molecule has 2 aromatic heterocycles. The second-order valence-electron chi connectivity index (χ2n) is 15.7. The molecule has 0 aliphatic carbocycles. The molecule has 2 unspecified atom stereocenters. The Bertz CT molecular complexity index is 2680. The van der Waals surface area contributed by atoms with Crippen molar-refractivity contribution >= 4 is 11.4 Å². The average Bonchev–Trinajstić information content (AvgIpc) is 3.89. The van der Waals surface area contributed by atoms with Gasteiger partial charge in [0.1, 0.15) is 0 Å². The Labute approximate surface area is 409 Å². The number of aromatic nitrogens is 6. The van der Waals surface area contributed by atoms with E-state index in [1.807, 2.05) is 131 Å². The first-order valence-electron chi connectivity index (χ1n) is 20.7. The molecule has 0 aliphatic heterocycles. The normalized spacial score (nSPS) is 11.2. The molecule has 65 heavy (non-hydrogen) atoms. The molecule has 0 aliphatic rings. The van der Waals surface area contributed by atoms with Crippen LogP contribution in [0.3, 0.4) is 0 Å². The summed E-state index contributed by atoms with van der Waals surface area (Å²) in [6.45, 7) is 30.3. The zero-order chi connectivity index (χ0) is 45.2. The van der Waals surface area contributed by atoms with E-state index in [2.05, 4.69) is 83.4 Å². The molecule has 2 atom stereocenters. The third-order valence-electron chi connectivity index (χ3n) is 10.4. The molecule has 2 heterocycles. The van der Waals surface area contributed by atoms with Crippen LogP contribution < -0.4 is 0 Å². The summed E-state index contributed by atoms with van der Waals surface area (Å²) in [6.07, 6.45) is -0.278. The van der Waals surface area contributed by atoms with Crippen LogP contribution in [0.5, 0.6) is 0 Å². The molecule has 0 spiro atoms. The molecule has 334 valence electrons. The Hall–Kier alpha value is -6.20. The first kappa shape index (κ1) is 51.4. The van der Waals surface area contributed by atoms with Gasteiger partial charge in [-0.15, -0.1) is 51.2 Å². The second-order valence-corrected chi connectivity index (χ2v) is 15.7. The van der Waals surface area contributed by atoms with E-state index in [0.717, 1.165) is 90.3 Å². The van der Waals surface area contributed by atoms with Gasteiger partial charge < -0.3 is 14.8 Å². The quantitative estimate of drug-likeness (QED) is 0.147. The topological polar surface area (TPSA) is 111 Å². The van der Waals surface area contributed by atoms with Crippen molar-refractivity contribution in [2.24, 2.45) is 0 Å². The first-order chi connectivity index (χ1) is 30.3. The molecule has 6 aromatic carbocycles. The maximum atomic E-state index is 8.56. The third-order valence-corrected chi connectivity index (χ3v) is 10.4. The standard InChI is InChI=1S/C24H20N4.C24H19N4.C5H12O2.2Ir/c2*1-16-10-8-9-13-21(16)24-27-26-23(19-11-6-5-7-12-19)28(24)22-17(2)14-20(25-4)15-18(22)3;1-4(6)3-5(2)7;;/h5-15H,1-3H3;5-11,13-15H,1-3H3;4-7H,3H2,1-2H3;;/q;-1;;;. The zero-order valence-corrected chi connectivity index (χ0v) is 42.4. The van der Waals surface area contributed by atoms with Gasteiger partial charge in [0.15, 0.2) is 28.8 Å². The summed E-state index contributed by atoms with van der Waals surface area (Å²) in [7, 11) is 0. The molecule has 0 fully saturated rings. The number of aliphatic hydroxyl groups is 2. The molecule has 0 amide bonds. The van der Waals surface area contributed by atoms with Gasteiger partial charge in [-0.25, -0.2) is 9.69 Å². The van der Waals surface area contributed by atoms with Gasteiger partial charge in [-0.3, -0.25) is 4.57 Å². The van der Waals surface area contributed by atoms with Crippen LogP contribution >= 0.6 is 0 Å². The Morgan fingerprint density at radius 3 is 1.28 bits per heavy atom. The Morgan fingerprint density at radius 1 is 0.508 bits per heavy atom. The first-order valence-corrected chi connectivity index (χ1v) is 20.7. The largest absolute Gasteiger partial charge is 0.393 e. The number of hydrogen-bond acceptors (Lipinski definition) is 6. The van der Waals surface area contributed by atoms with E-state index in [9.17, 15) is 0 Å². The Balaban J connectivity index is 0.000000242. The molecule has 8 rings (SSSR count). The predicted molar refractivity (Wildman–Crippen MR) is 252 cm³/mol. The van der Waals surface area contributed by atoms with E-state index in [0.29, 0.717) is 17.8 Å². The number of aryl methyl sites for hydroxylation is 6. The van der Waals surface area contributed by atoms with Crippen LogP contribution in [-0.2, 0) is 40.2 Å². The number of benzene rings is 6. The van der Waals surface area contributed by atoms with Crippen molar-refractivity contribution in [1.29, 1.82) is 0 Å². The van der Waals surface area contributed by atoms with E-state index in [4.69, 9.17) is 23.4 Å². The summed E-state index contributed by atoms with van der Waals surface area (Å²) < 4.78 is 4.21. The molecule has 8 aromatic rings. The van der Waals surface area contributed by atoms with Crippen LogP contribution in [0.1, 0.15) is 53.6 Å². The van der Waals surface area contributed by atoms with Gasteiger partial charge in [0.25, 0.3) is 0 Å². The van der Waals surface area contributed by atoms with Crippen LogP contribution in [0.2, 0.25) is 0 Å². The van der Waals surface area contributed by atoms with Crippen molar-refractivity contribution < 1.29 is 50.4 Å². The van der Waals surface area contributed by atoms with Gasteiger partial charge in [-0.05, 0) is 95.2 Å². The zero-order valence-electron chi connectivity index (χ0n) is 37.6. The van der Waals surface area contributed by atoms with Crippen molar-refractivity contribution in [2.45, 2.75) is 74.0 Å². The van der Waals surface area contributed by atoms with Gasteiger partial charge in [-0.1, -0.05) is 103 Å². The summed E-state index contributed by atoms with van der Waals surface area (Å²) in [5.41, 5.74) is 13.6. The summed E-state index contributed by atoms with van der Waals surface area (Å²) in [5, 5.41) is 35.3. The van der Waals surface area contributed by atoms with Crippen molar-refractivity contribution in [2.75, 3.05) is 0 Å². The third kappa shape index (κ3) is 12.1. The Morgan fingerprint density at radius 2 is 0.892 bits per heavy atom. The van der Waals surface area contributed by atoms with Crippen LogP contribution in [0.15, 0.2) is 127 Å². The summed E-state index contributed by atoms with van der Waals surface area (Å²) in [4.78, 5) is 7.19. The molecule has 2 radical (unpaired) electrons. The van der Waals surface area contributed by atoms with Gasteiger partial charge in [-0.2, -0.15) is 5.10 Å². The SMILES string of the molecule is CC(O)CC(C)O.[C-]#[N+]c1cc(C)c(-n2c(-c3[c-]cccc3)nnc2-c2ccccc2C)c(C)c1.[C-]#[N+]c1cc(C)c(-n2c(-c3ccccc3)nnc2-c2ccccc2C)c(C)c1.[Ir].[Ir]. The molecular weight excluding hydrogens is 1170 g/mol. The summed E-state index contributed by atoms with van der Waals surface area (Å²) in [6, 6.07) is 45.2.